The Hall–Kier alpha value is -3.07. The van der Waals surface area contributed by atoms with Crippen LogP contribution >= 0.6 is 0 Å². The fourth-order valence-corrected chi connectivity index (χ4v) is 4.76. The molecule has 2 aromatic carbocycles. The highest BCUT2D eigenvalue weighted by molar-refractivity contribution is 6.02. The van der Waals surface area contributed by atoms with Gasteiger partial charge in [-0.15, -0.1) is 0 Å². The Morgan fingerprint density at radius 3 is 1.15 bits per heavy atom. The lowest BCUT2D eigenvalue weighted by atomic mass is 9.81. The Morgan fingerprint density at radius 2 is 0.850 bits per heavy atom. The van der Waals surface area contributed by atoms with Crippen molar-refractivity contribution >= 4 is 22.8 Å². The zero-order valence-electron chi connectivity index (χ0n) is 27.5. The maximum Gasteiger partial charge on any atom is 0.0849 e. The van der Waals surface area contributed by atoms with Crippen LogP contribution in [-0.4, -0.2) is 16.4 Å². The summed E-state index contributed by atoms with van der Waals surface area (Å²) in [5.74, 6) is 0. The van der Waals surface area contributed by atoms with Gasteiger partial charge in [-0.1, -0.05) is 113 Å². The molecule has 0 atom stereocenters. The molecule has 0 fully saturated rings. The molecule has 40 heavy (non-hydrogen) atoms. The molecule has 1 heterocycles. The van der Waals surface area contributed by atoms with Gasteiger partial charge in [0.1, 0.15) is 0 Å². The van der Waals surface area contributed by atoms with Crippen LogP contribution < -0.4 is 0 Å². The number of rotatable bonds is 4. The Bertz CT molecular complexity index is 1320. The minimum Gasteiger partial charge on any atom is -0.251 e. The normalized spacial score (nSPS) is 14.1. The number of aromatic nitrogens is 1. The first-order valence-electron chi connectivity index (χ1n) is 14.6. The minimum absolute atomic E-state index is 0.0135. The van der Waals surface area contributed by atoms with Crippen LogP contribution in [0.3, 0.4) is 0 Å². The fourth-order valence-electron chi connectivity index (χ4n) is 4.76. The van der Waals surface area contributed by atoms with Gasteiger partial charge in [-0.25, -0.2) is 4.98 Å². The van der Waals surface area contributed by atoms with E-state index in [9.17, 15) is 0 Å². The predicted octanol–water partition coefficient (Wildman–Crippen LogP) is 10.6. The van der Waals surface area contributed by atoms with E-state index >= 15 is 0 Å². The summed E-state index contributed by atoms with van der Waals surface area (Å²) < 4.78 is 0. The lowest BCUT2D eigenvalue weighted by Crippen LogP contribution is -2.15. The second-order valence-corrected chi connectivity index (χ2v) is 15.3. The summed E-state index contributed by atoms with van der Waals surface area (Å²) in [6.45, 7) is 31.0. The lowest BCUT2D eigenvalue weighted by molar-refractivity contribution is 0.578. The van der Waals surface area contributed by atoms with Crippen molar-refractivity contribution in [3.63, 3.8) is 0 Å². The molecule has 1 aromatic heterocycles. The quantitative estimate of drug-likeness (QED) is 0.305. The highest BCUT2D eigenvalue weighted by Crippen LogP contribution is 2.37. The van der Waals surface area contributed by atoms with Crippen LogP contribution in [0, 0.1) is 0 Å². The highest BCUT2D eigenvalue weighted by atomic mass is 14.8. The monoisotopic (exact) mass is 537 g/mol. The molecule has 3 aromatic rings. The topological polar surface area (TPSA) is 37.6 Å². The number of hydrogen-bond acceptors (Lipinski definition) is 3. The average molecular weight is 538 g/mol. The van der Waals surface area contributed by atoms with E-state index in [1.54, 1.807) is 0 Å². The first-order valence-corrected chi connectivity index (χ1v) is 14.6. The summed E-state index contributed by atoms with van der Waals surface area (Å²) in [6.07, 6.45) is 0. The standard InChI is InChI=1S/C37H51N3/c1-24(38-32-22-26(34(3,4)5)18-20-28(32)36(9,10)11)30-16-15-17-31(40-30)25(2)39-33-23-27(35(6,7)8)19-21-29(33)37(12,13)14/h15-23H,1-14H3. The van der Waals surface area contributed by atoms with E-state index in [2.05, 4.69) is 139 Å². The first kappa shape index (κ1) is 31.5. The van der Waals surface area contributed by atoms with E-state index < -0.39 is 0 Å². The van der Waals surface area contributed by atoms with Gasteiger partial charge in [0.05, 0.1) is 34.2 Å². The van der Waals surface area contributed by atoms with Crippen LogP contribution in [0.25, 0.3) is 0 Å². The van der Waals surface area contributed by atoms with Gasteiger partial charge in [0.2, 0.25) is 0 Å². The van der Waals surface area contributed by atoms with Gasteiger partial charge >= 0.3 is 0 Å². The van der Waals surface area contributed by atoms with Gasteiger partial charge in [0.15, 0.2) is 0 Å². The zero-order chi connectivity index (χ0) is 30.3. The maximum atomic E-state index is 5.15. The third-order valence-electron chi connectivity index (χ3n) is 7.41. The molecule has 3 nitrogen and oxygen atoms in total. The Balaban J connectivity index is 2.10. The molecule has 0 aliphatic carbocycles. The van der Waals surface area contributed by atoms with Crippen molar-refractivity contribution in [3.05, 3.63) is 88.2 Å². The van der Waals surface area contributed by atoms with Gasteiger partial charge in [-0.3, -0.25) is 9.98 Å². The number of pyridine rings is 1. The minimum atomic E-state index is -0.0135. The molecule has 0 spiro atoms. The van der Waals surface area contributed by atoms with Gasteiger partial charge in [0, 0.05) is 0 Å². The van der Waals surface area contributed by atoms with Crippen molar-refractivity contribution in [1.29, 1.82) is 0 Å². The van der Waals surface area contributed by atoms with Crippen LogP contribution in [0.1, 0.15) is 131 Å². The van der Waals surface area contributed by atoms with Crippen LogP contribution in [-0.2, 0) is 21.7 Å². The average Bonchev–Trinajstić information content (AvgIpc) is 2.81. The van der Waals surface area contributed by atoms with Crippen molar-refractivity contribution in [1.82, 2.24) is 4.98 Å². The van der Waals surface area contributed by atoms with Gasteiger partial charge in [0.25, 0.3) is 0 Å². The Labute approximate surface area is 244 Å². The number of nitrogens with zero attached hydrogens (tertiary/aromatic N) is 3. The summed E-state index contributed by atoms with van der Waals surface area (Å²) >= 11 is 0. The van der Waals surface area contributed by atoms with Crippen molar-refractivity contribution in [2.75, 3.05) is 0 Å². The van der Waals surface area contributed by atoms with E-state index in [0.717, 1.165) is 34.2 Å². The molecule has 214 valence electrons. The first-order chi connectivity index (χ1) is 18.2. The number of aliphatic imine (C=N–C) groups is 2. The summed E-state index contributed by atoms with van der Waals surface area (Å²) in [5.41, 5.74) is 10.7. The Kier molecular flexibility index (Phi) is 8.71. The Morgan fingerprint density at radius 1 is 0.500 bits per heavy atom. The van der Waals surface area contributed by atoms with E-state index in [0.29, 0.717) is 0 Å². The molecule has 0 unspecified atom stereocenters. The highest BCUT2D eigenvalue weighted by Gasteiger charge is 2.23. The molecule has 0 saturated carbocycles. The van der Waals surface area contributed by atoms with Gasteiger partial charge in [-0.2, -0.15) is 0 Å². The summed E-state index contributed by atoms with van der Waals surface area (Å²) in [5, 5.41) is 0. The van der Waals surface area contributed by atoms with E-state index in [-0.39, 0.29) is 21.7 Å². The van der Waals surface area contributed by atoms with Crippen molar-refractivity contribution in [3.8, 4) is 0 Å². The molecule has 0 aliphatic heterocycles. The molecular weight excluding hydrogens is 486 g/mol. The summed E-state index contributed by atoms with van der Waals surface area (Å²) in [4.78, 5) is 15.3. The third kappa shape index (κ3) is 7.56. The molecular formula is C37H51N3. The van der Waals surface area contributed by atoms with E-state index in [1.165, 1.54) is 22.3 Å². The lowest BCUT2D eigenvalue weighted by Gasteiger charge is -2.25. The largest absolute Gasteiger partial charge is 0.251 e. The van der Waals surface area contributed by atoms with Gasteiger partial charge < -0.3 is 0 Å². The molecule has 0 radical (unpaired) electrons. The van der Waals surface area contributed by atoms with Crippen LogP contribution in [0.4, 0.5) is 11.4 Å². The molecule has 3 heteroatoms. The SMILES string of the molecule is CC(=Nc1cc(C(C)(C)C)ccc1C(C)(C)C)c1cccc(C(C)=Nc2cc(C(C)(C)C)ccc2C(C)(C)C)n1. The van der Waals surface area contributed by atoms with Crippen molar-refractivity contribution in [2.24, 2.45) is 9.98 Å². The van der Waals surface area contributed by atoms with Crippen LogP contribution in [0.5, 0.6) is 0 Å². The molecule has 0 bridgehead atoms. The molecule has 3 rings (SSSR count). The predicted molar refractivity (Wildman–Crippen MR) is 176 cm³/mol. The van der Waals surface area contributed by atoms with E-state index in [4.69, 9.17) is 15.0 Å². The zero-order valence-corrected chi connectivity index (χ0v) is 27.5. The van der Waals surface area contributed by atoms with Crippen molar-refractivity contribution in [2.45, 2.75) is 119 Å². The molecule has 0 N–H and O–H groups in total. The van der Waals surface area contributed by atoms with Crippen LogP contribution in [0.15, 0.2) is 64.6 Å². The molecule has 0 amide bonds. The molecule has 0 aliphatic rings. The second kappa shape index (κ2) is 11.1. The van der Waals surface area contributed by atoms with Crippen molar-refractivity contribution < 1.29 is 0 Å². The maximum absolute atomic E-state index is 5.15. The van der Waals surface area contributed by atoms with E-state index in [1.807, 2.05) is 12.1 Å². The number of hydrogen-bond donors (Lipinski definition) is 0. The van der Waals surface area contributed by atoms with Gasteiger partial charge in [-0.05, 0) is 82.0 Å². The second-order valence-electron chi connectivity index (χ2n) is 15.3. The summed E-state index contributed by atoms with van der Waals surface area (Å²) in [7, 11) is 0. The number of benzene rings is 2. The third-order valence-corrected chi connectivity index (χ3v) is 7.41. The fraction of sp³-hybridized carbons (Fsp3) is 0.486. The summed E-state index contributed by atoms with van der Waals surface area (Å²) in [6, 6.07) is 19.6. The molecule has 0 saturated heterocycles. The van der Waals surface area contributed by atoms with Crippen LogP contribution in [0.2, 0.25) is 0 Å². The smallest absolute Gasteiger partial charge is 0.0849 e.